The van der Waals surface area contributed by atoms with Gasteiger partial charge >= 0.3 is 0 Å². The Morgan fingerprint density at radius 3 is 2.74 bits per heavy atom. The van der Waals surface area contributed by atoms with Gasteiger partial charge in [0.05, 0.1) is 6.61 Å². The average Bonchev–Trinajstić information content (AvgIpc) is 3.24. The van der Waals surface area contributed by atoms with Gasteiger partial charge in [0.15, 0.2) is 5.96 Å². The first kappa shape index (κ1) is 18.7. The summed E-state index contributed by atoms with van der Waals surface area (Å²) in [4.78, 5) is 6.96. The molecule has 2 aliphatic heterocycles. The second-order valence-corrected chi connectivity index (χ2v) is 8.14. The third-order valence-corrected chi connectivity index (χ3v) is 6.11. The molecule has 0 bridgehead atoms. The van der Waals surface area contributed by atoms with Crippen LogP contribution in [0.2, 0.25) is 0 Å². The first-order valence-electron chi connectivity index (χ1n) is 10.3. The van der Waals surface area contributed by atoms with Crippen LogP contribution in [0.15, 0.2) is 29.3 Å². The second kappa shape index (κ2) is 8.57. The van der Waals surface area contributed by atoms with E-state index in [9.17, 15) is 4.39 Å². The highest BCUT2D eigenvalue weighted by Crippen LogP contribution is 2.41. The van der Waals surface area contributed by atoms with E-state index in [2.05, 4.69) is 20.5 Å². The van der Waals surface area contributed by atoms with Crippen LogP contribution in [0.3, 0.4) is 0 Å². The van der Waals surface area contributed by atoms with Gasteiger partial charge in [-0.1, -0.05) is 18.2 Å². The molecule has 5 nitrogen and oxygen atoms in total. The number of halogens is 1. The molecular weight excluding hydrogens is 343 g/mol. The third kappa shape index (κ3) is 4.79. The highest BCUT2D eigenvalue weighted by Gasteiger charge is 2.40. The summed E-state index contributed by atoms with van der Waals surface area (Å²) in [7, 11) is 1.81. The van der Waals surface area contributed by atoms with Gasteiger partial charge in [0.1, 0.15) is 5.82 Å². The topological polar surface area (TPSA) is 48.9 Å². The minimum absolute atomic E-state index is 0.102. The van der Waals surface area contributed by atoms with Crippen molar-refractivity contribution < 1.29 is 9.13 Å². The fraction of sp³-hybridized carbons (Fsp3) is 0.667. The van der Waals surface area contributed by atoms with Crippen molar-refractivity contribution in [1.29, 1.82) is 0 Å². The highest BCUT2D eigenvalue weighted by atomic mass is 19.1. The normalized spacial score (nSPS) is 29.7. The van der Waals surface area contributed by atoms with Gasteiger partial charge in [-0.2, -0.15) is 0 Å². The van der Waals surface area contributed by atoms with E-state index < -0.39 is 0 Å². The Bertz CT molecular complexity index is 653. The maximum atomic E-state index is 13.9. The summed E-state index contributed by atoms with van der Waals surface area (Å²) in [5, 5.41) is 7.05. The van der Waals surface area contributed by atoms with Crippen molar-refractivity contribution in [3.05, 3.63) is 35.6 Å². The summed E-state index contributed by atoms with van der Waals surface area (Å²) in [6.07, 6.45) is 4.44. The van der Waals surface area contributed by atoms with Crippen molar-refractivity contribution in [2.45, 2.75) is 43.7 Å². The Labute approximate surface area is 161 Å². The lowest BCUT2D eigenvalue weighted by Crippen LogP contribution is -2.49. The quantitative estimate of drug-likeness (QED) is 0.614. The van der Waals surface area contributed by atoms with Crippen molar-refractivity contribution in [1.82, 2.24) is 15.5 Å². The molecule has 4 rings (SSSR count). The molecule has 0 aromatic heterocycles. The van der Waals surface area contributed by atoms with E-state index in [-0.39, 0.29) is 17.8 Å². The van der Waals surface area contributed by atoms with Crippen molar-refractivity contribution >= 4 is 5.96 Å². The van der Waals surface area contributed by atoms with Gasteiger partial charge in [-0.25, -0.2) is 4.39 Å². The van der Waals surface area contributed by atoms with E-state index in [1.165, 1.54) is 13.0 Å². The number of piperidine rings is 1. The lowest BCUT2D eigenvalue weighted by molar-refractivity contribution is 0.150. The number of ether oxygens (including phenoxy) is 1. The lowest BCUT2D eigenvalue weighted by Gasteiger charge is -2.34. The zero-order valence-electron chi connectivity index (χ0n) is 16.2. The molecule has 0 amide bonds. The van der Waals surface area contributed by atoms with E-state index in [0.29, 0.717) is 12.0 Å². The van der Waals surface area contributed by atoms with Crippen LogP contribution >= 0.6 is 0 Å². The SMILES string of the molecule is CN=C(NC1CCN(CC2CCOC2)CC1)NC1CC1c1ccccc1F. The molecule has 0 spiro atoms. The predicted molar refractivity (Wildman–Crippen MR) is 106 cm³/mol. The van der Waals surface area contributed by atoms with Gasteiger partial charge in [0.2, 0.25) is 0 Å². The van der Waals surface area contributed by atoms with Gasteiger partial charge in [0.25, 0.3) is 0 Å². The summed E-state index contributed by atoms with van der Waals surface area (Å²) in [5.41, 5.74) is 0.814. The summed E-state index contributed by atoms with van der Waals surface area (Å²) in [5.74, 6) is 1.71. The maximum Gasteiger partial charge on any atom is 0.191 e. The van der Waals surface area contributed by atoms with Gasteiger partial charge in [-0.05, 0) is 43.2 Å². The Morgan fingerprint density at radius 2 is 2.04 bits per heavy atom. The van der Waals surface area contributed by atoms with E-state index in [1.54, 1.807) is 12.1 Å². The monoisotopic (exact) mass is 374 g/mol. The maximum absolute atomic E-state index is 13.9. The van der Waals surface area contributed by atoms with Gasteiger partial charge in [-0.3, -0.25) is 4.99 Å². The number of rotatable bonds is 5. The zero-order chi connectivity index (χ0) is 18.6. The third-order valence-electron chi connectivity index (χ3n) is 6.11. The Morgan fingerprint density at radius 1 is 1.22 bits per heavy atom. The van der Waals surface area contributed by atoms with Crippen LogP contribution in [-0.4, -0.2) is 62.8 Å². The zero-order valence-corrected chi connectivity index (χ0v) is 16.2. The van der Waals surface area contributed by atoms with Crippen LogP contribution in [-0.2, 0) is 4.74 Å². The number of nitrogens with zero attached hydrogens (tertiary/aromatic N) is 2. The smallest absolute Gasteiger partial charge is 0.191 e. The van der Waals surface area contributed by atoms with Crippen LogP contribution < -0.4 is 10.6 Å². The molecule has 6 heteroatoms. The average molecular weight is 375 g/mol. The Kier molecular flexibility index (Phi) is 5.93. The Balaban J connectivity index is 1.21. The summed E-state index contributed by atoms with van der Waals surface area (Å²) >= 11 is 0. The molecule has 1 aliphatic carbocycles. The van der Waals surface area contributed by atoms with Crippen molar-refractivity contribution in [2.24, 2.45) is 10.9 Å². The Hall–Kier alpha value is -1.66. The number of hydrogen-bond donors (Lipinski definition) is 2. The van der Waals surface area contributed by atoms with Gasteiger partial charge in [-0.15, -0.1) is 0 Å². The van der Waals surface area contributed by atoms with E-state index >= 15 is 0 Å². The predicted octanol–water partition coefficient (Wildman–Crippen LogP) is 2.35. The van der Waals surface area contributed by atoms with Gasteiger partial charge < -0.3 is 20.3 Å². The molecule has 148 valence electrons. The molecule has 2 heterocycles. The molecule has 3 aliphatic rings. The molecular formula is C21H31FN4O. The standard InChI is InChI=1S/C21H31FN4O/c1-23-21(25-20-12-18(20)17-4-2-3-5-19(17)22)24-16-6-9-26(10-7-16)13-15-8-11-27-14-15/h2-5,15-16,18,20H,6-14H2,1H3,(H2,23,24,25). The molecule has 3 unspecified atom stereocenters. The van der Waals surface area contributed by atoms with E-state index in [4.69, 9.17) is 4.74 Å². The minimum atomic E-state index is -0.102. The highest BCUT2D eigenvalue weighted by molar-refractivity contribution is 5.80. The molecule has 3 atom stereocenters. The number of nitrogens with one attached hydrogen (secondary N) is 2. The fourth-order valence-electron chi connectivity index (χ4n) is 4.37. The molecule has 2 N–H and O–H groups in total. The van der Waals surface area contributed by atoms with E-state index in [1.807, 2.05) is 19.2 Å². The van der Waals surface area contributed by atoms with Crippen LogP contribution in [0.1, 0.15) is 37.2 Å². The van der Waals surface area contributed by atoms with Gasteiger partial charge in [0, 0.05) is 51.3 Å². The summed E-state index contributed by atoms with van der Waals surface area (Å²) < 4.78 is 19.4. The first-order valence-corrected chi connectivity index (χ1v) is 10.3. The lowest BCUT2D eigenvalue weighted by atomic mass is 10.0. The number of hydrogen-bond acceptors (Lipinski definition) is 3. The fourth-order valence-corrected chi connectivity index (χ4v) is 4.37. The van der Waals surface area contributed by atoms with Crippen molar-refractivity contribution in [2.75, 3.05) is 39.9 Å². The van der Waals surface area contributed by atoms with Crippen LogP contribution in [0.5, 0.6) is 0 Å². The van der Waals surface area contributed by atoms with Crippen LogP contribution in [0.25, 0.3) is 0 Å². The molecule has 1 aromatic carbocycles. The number of guanidine groups is 1. The summed E-state index contributed by atoms with van der Waals surface area (Å²) in [6, 6.07) is 7.82. The number of aliphatic imine (C=N–C) groups is 1. The first-order chi connectivity index (χ1) is 13.2. The summed E-state index contributed by atoms with van der Waals surface area (Å²) in [6.45, 7) is 5.30. The number of benzene rings is 1. The minimum Gasteiger partial charge on any atom is -0.381 e. The van der Waals surface area contributed by atoms with E-state index in [0.717, 1.165) is 57.1 Å². The van der Waals surface area contributed by atoms with Crippen LogP contribution in [0.4, 0.5) is 4.39 Å². The molecule has 0 radical (unpaired) electrons. The van der Waals surface area contributed by atoms with Crippen LogP contribution in [0, 0.1) is 11.7 Å². The molecule has 2 saturated heterocycles. The van der Waals surface area contributed by atoms with Crippen molar-refractivity contribution in [3.8, 4) is 0 Å². The second-order valence-electron chi connectivity index (χ2n) is 8.14. The largest absolute Gasteiger partial charge is 0.381 e. The molecule has 27 heavy (non-hydrogen) atoms. The molecule has 1 saturated carbocycles. The number of likely N-dealkylation sites (tertiary alicyclic amines) is 1. The van der Waals surface area contributed by atoms with Crippen molar-refractivity contribution in [3.63, 3.8) is 0 Å². The molecule has 3 fully saturated rings. The molecule has 1 aromatic rings.